The van der Waals surface area contributed by atoms with Crippen LogP contribution in [0.15, 0.2) is 202 Å². The highest BCUT2D eigenvalue weighted by Gasteiger charge is 2.23. The summed E-state index contributed by atoms with van der Waals surface area (Å²) in [7, 11) is 0. The molecule has 3 aromatic heterocycles. The van der Waals surface area contributed by atoms with Crippen LogP contribution in [0.25, 0.3) is 88.2 Å². The highest BCUT2D eigenvalue weighted by molar-refractivity contribution is 6.13. The molecule has 8 aromatic carbocycles. The zero-order valence-electron chi connectivity index (χ0n) is 30.7. The summed E-state index contributed by atoms with van der Waals surface area (Å²) < 4.78 is 15.5. The zero-order valence-corrected chi connectivity index (χ0v) is 30.7. The number of amidine groups is 1. The maximum atomic E-state index is 6.88. The predicted octanol–water partition coefficient (Wildman–Crippen LogP) is 13.4. The van der Waals surface area contributed by atoms with Gasteiger partial charge in [0.1, 0.15) is 22.6 Å². The van der Waals surface area contributed by atoms with Crippen molar-refractivity contribution in [1.29, 1.82) is 0 Å². The Kier molecular flexibility index (Phi) is 6.92. The third-order valence-corrected chi connectivity index (χ3v) is 11.4. The summed E-state index contributed by atoms with van der Waals surface area (Å²) in [5.41, 5.74) is 13.1. The van der Waals surface area contributed by atoms with Crippen molar-refractivity contribution in [2.24, 2.45) is 4.99 Å². The van der Waals surface area contributed by atoms with Crippen molar-refractivity contribution in [2.75, 3.05) is 0 Å². The molecule has 1 N–H and O–H groups in total. The van der Waals surface area contributed by atoms with Crippen LogP contribution in [-0.4, -0.2) is 10.4 Å². The van der Waals surface area contributed by atoms with Gasteiger partial charge in [-0.05, 0) is 71.3 Å². The molecule has 1 aliphatic heterocycles. The Hall–Kier alpha value is -7.63. The van der Waals surface area contributed by atoms with Gasteiger partial charge in [-0.25, -0.2) is 0 Å². The Morgan fingerprint density at radius 2 is 1.07 bits per heavy atom. The van der Waals surface area contributed by atoms with Gasteiger partial charge in [-0.2, -0.15) is 0 Å². The molecule has 4 heterocycles. The van der Waals surface area contributed by atoms with Crippen molar-refractivity contribution >= 4 is 77.2 Å². The standard InChI is InChI=1S/C52H33N3O2/c1-2-12-32(13-3-1)33-14-10-15-36(28-33)52-53-43(34-24-26-40-39-18-6-9-23-48(39)56-49(40)29-34)31-44(54-52)35-25-27-41-42-19-11-22-47(51(42)57-50(41)30-35)55-45-20-7-4-16-37(45)38-17-5-8-21-46(38)55/h1-31,44H,(H,53,54). The summed E-state index contributed by atoms with van der Waals surface area (Å²) in [6.45, 7) is 0. The van der Waals surface area contributed by atoms with Gasteiger partial charge in [-0.1, -0.05) is 133 Å². The largest absolute Gasteiger partial charge is 0.456 e. The summed E-state index contributed by atoms with van der Waals surface area (Å²) in [5, 5.41) is 10.5. The second-order valence-corrected chi connectivity index (χ2v) is 14.8. The van der Waals surface area contributed by atoms with Gasteiger partial charge in [0.2, 0.25) is 0 Å². The van der Waals surface area contributed by atoms with Gasteiger partial charge in [0, 0.05) is 49.1 Å². The summed E-state index contributed by atoms with van der Waals surface area (Å²) in [4.78, 5) is 5.38. The van der Waals surface area contributed by atoms with E-state index in [1.54, 1.807) is 0 Å². The molecule has 5 heteroatoms. The lowest BCUT2D eigenvalue weighted by Crippen LogP contribution is -2.27. The van der Waals surface area contributed by atoms with E-state index in [2.05, 4.69) is 180 Å². The van der Waals surface area contributed by atoms with E-state index in [1.807, 2.05) is 18.2 Å². The molecule has 1 atom stereocenters. The van der Waals surface area contributed by atoms with Gasteiger partial charge < -0.3 is 18.7 Å². The number of nitrogens with one attached hydrogen (secondary N) is 1. The normalized spacial score (nSPS) is 14.5. The molecular formula is C52H33N3O2. The van der Waals surface area contributed by atoms with E-state index in [1.165, 1.54) is 10.8 Å². The lowest BCUT2D eigenvalue weighted by Gasteiger charge is -2.23. The molecule has 57 heavy (non-hydrogen) atoms. The number of fused-ring (bicyclic) bond motifs is 9. The minimum atomic E-state index is -0.280. The summed E-state index contributed by atoms with van der Waals surface area (Å²) in [6.07, 6.45) is 2.21. The second kappa shape index (κ2) is 12.4. The minimum Gasteiger partial charge on any atom is -0.456 e. The van der Waals surface area contributed by atoms with Crippen LogP contribution in [0, 0.1) is 0 Å². The van der Waals surface area contributed by atoms with Gasteiger partial charge in [0.25, 0.3) is 0 Å². The van der Waals surface area contributed by atoms with Crippen molar-refractivity contribution in [3.8, 4) is 16.8 Å². The number of nitrogens with zero attached hydrogens (tertiary/aromatic N) is 2. The fourth-order valence-electron chi connectivity index (χ4n) is 8.73. The SMILES string of the molecule is C1=C(c2ccc3c(c2)oc2ccccc23)NC(c2cccc(-c3ccccc3)c2)=NC1c1ccc2c(c1)oc1c(-n3c4ccccc4c4ccccc43)cccc12. The van der Waals surface area contributed by atoms with Crippen LogP contribution in [0.4, 0.5) is 0 Å². The molecule has 1 aliphatic rings. The maximum Gasteiger partial charge on any atom is 0.159 e. The third-order valence-electron chi connectivity index (χ3n) is 11.4. The van der Waals surface area contributed by atoms with Crippen molar-refractivity contribution < 1.29 is 8.83 Å². The number of aliphatic imine (C=N–C) groups is 1. The van der Waals surface area contributed by atoms with Crippen LogP contribution in [0.1, 0.15) is 22.7 Å². The van der Waals surface area contributed by atoms with Crippen molar-refractivity contribution in [3.05, 3.63) is 205 Å². The molecule has 0 fully saturated rings. The lowest BCUT2D eigenvalue weighted by molar-refractivity contribution is 0.665. The summed E-state index contributed by atoms with van der Waals surface area (Å²) in [6, 6.07) is 63.6. The first-order chi connectivity index (χ1) is 28.2. The van der Waals surface area contributed by atoms with Crippen LogP contribution in [0.2, 0.25) is 0 Å². The summed E-state index contributed by atoms with van der Waals surface area (Å²) >= 11 is 0. The average Bonchev–Trinajstić information content (AvgIpc) is 3.96. The molecule has 0 amide bonds. The molecule has 0 aliphatic carbocycles. The number of furan rings is 2. The Morgan fingerprint density at radius 3 is 1.91 bits per heavy atom. The number of aromatic nitrogens is 1. The van der Waals surface area contributed by atoms with Crippen LogP contribution in [-0.2, 0) is 0 Å². The van der Waals surface area contributed by atoms with Gasteiger partial charge in [0.15, 0.2) is 5.58 Å². The van der Waals surface area contributed by atoms with Crippen LogP contribution < -0.4 is 5.32 Å². The van der Waals surface area contributed by atoms with E-state index in [0.717, 1.165) is 99.9 Å². The smallest absolute Gasteiger partial charge is 0.159 e. The third kappa shape index (κ3) is 5.06. The number of hydrogen-bond donors (Lipinski definition) is 1. The Balaban J connectivity index is 1.01. The quantitative estimate of drug-likeness (QED) is 0.192. The molecule has 0 saturated carbocycles. The zero-order chi connectivity index (χ0) is 37.5. The molecular weight excluding hydrogens is 699 g/mol. The van der Waals surface area contributed by atoms with Crippen molar-refractivity contribution in [2.45, 2.75) is 6.04 Å². The van der Waals surface area contributed by atoms with E-state index in [0.29, 0.717) is 0 Å². The number of benzene rings is 8. The molecule has 5 nitrogen and oxygen atoms in total. The van der Waals surface area contributed by atoms with Gasteiger partial charge in [-0.15, -0.1) is 0 Å². The lowest BCUT2D eigenvalue weighted by atomic mass is 9.98. The first-order valence-electron chi connectivity index (χ1n) is 19.3. The van der Waals surface area contributed by atoms with Gasteiger partial charge >= 0.3 is 0 Å². The Morgan fingerprint density at radius 1 is 0.439 bits per heavy atom. The first kappa shape index (κ1) is 31.7. The first-order valence-corrected chi connectivity index (χ1v) is 19.3. The number of para-hydroxylation sites is 4. The number of rotatable bonds is 5. The van der Waals surface area contributed by atoms with Crippen LogP contribution in [0.3, 0.4) is 0 Å². The van der Waals surface area contributed by atoms with E-state index in [9.17, 15) is 0 Å². The minimum absolute atomic E-state index is 0.280. The van der Waals surface area contributed by atoms with Crippen molar-refractivity contribution in [3.63, 3.8) is 0 Å². The molecule has 268 valence electrons. The van der Waals surface area contributed by atoms with Gasteiger partial charge in [-0.3, -0.25) is 4.99 Å². The van der Waals surface area contributed by atoms with Crippen LogP contribution in [0.5, 0.6) is 0 Å². The second-order valence-electron chi connectivity index (χ2n) is 14.8. The highest BCUT2D eigenvalue weighted by Crippen LogP contribution is 2.40. The average molecular weight is 732 g/mol. The summed E-state index contributed by atoms with van der Waals surface area (Å²) in [5.74, 6) is 0.804. The monoisotopic (exact) mass is 731 g/mol. The van der Waals surface area contributed by atoms with Crippen molar-refractivity contribution in [1.82, 2.24) is 9.88 Å². The Bertz CT molecular complexity index is 3400. The molecule has 11 aromatic rings. The highest BCUT2D eigenvalue weighted by atomic mass is 16.3. The molecule has 0 bridgehead atoms. The van der Waals surface area contributed by atoms with E-state index in [-0.39, 0.29) is 6.04 Å². The molecule has 0 saturated heterocycles. The topological polar surface area (TPSA) is 55.6 Å². The fraction of sp³-hybridized carbons (Fsp3) is 0.0192. The molecule has 1 unspecified atom stereocenters. The van der Waals surface area contributed by atoms with E-state index < -0.39 is 0 Å². The number of hydrogen-bond acceptors (Lipinski definition) is 4. The maximum absolute atomic E-state index is 6.88. The molecule has 0 radical (unpaired) electrons. The Labute approximate surface area is 327 Å². The molecule has 0 spiro atoms. The van der Waals surface area contributed by atoms with Crippen LogP contribution >= 0.6 is 0 Å². The molecule has 12 rings (SSSR count). The van der Waals surface area contributed by atoms with E-state index >= 15 is 0 Å². The predicted molar refractivity (Wildman–Crippen MR) is 234 cm³/mol. The fourth-order valence-corrected chi connectivity index (χ4v) is 8.73. The van der Waals surface area contributed by atoms with E-state index in [4.69, 9.17) is 13.8 Å². The van der Waals surface area contributed by atoms with Gasteiger partial charge in [0.05, 0.1) is 22.8 Å².